The van der Waals surface area contributed by atoms with Gasteiger partial charge in [-0.25, -0.2) is 0 Å². The van der Waals surface area contributed by atoms with Crippen molar-refractivity contribution in [1.29, 1.82) is 0 Å². The van der Waals surface area contributed by atoms with Gasteiger partial charge in [-0.05, 0) is 69.1 Å². The van der Waals surface area contributed by atoms with Crippen molar-refractivity contribution >= 4 is 0 Å². The van der Waals surface area contributed by atoms with Crippen LogP contribution in [0.2, 0.25) is 0 Å². The van der Waals surface area contributed by atoms with Crippen LogP contribution in [-0.2, 0) is 4.74 Å². The number of hydrogen-bond acceptors (Lipinski definition) is 1. The summed E-state index contributed by atoms with van der Waals surface area (Å²) < 4.78 is 6.90. The van der Waals surface area contributed by atoms with E-state index in [0.717, 1.165) is 17.8 Å². The summed E-state index contributed by atoms with van der Waals surface area (Å²) in [7, 11) is 0. The lowest BCUT2D eigenvalue weighted by molar-refractivity contribution is -0.206. The first-order valence-corrected chi connectivity index (χ1v) is 8.55. The number of rotatable bonds is 2. The average Bonchev–Trinajstić information content (AvgIpc) is 2.58. The first-order chi connectivity index (χ1) is 8.85. The van der Waals surface area contributed by atoms with E-state index in [1.54, 1.807) is 0 Å². The SMILES string of the molecule is CCC(C)[C@H]1CCC[C@@]2(C)CC[C@@H]3C[C@@]12OC3(C)C. The van der Waals surface area contributed by atoms with E-state index in [0.29, 0.717) is 5.41 Å². The van der Waals surface area contributed by atoms with Gasteiger partial charge in [-0.3, -0.25) is 0 Å². The second-order valence-electron chi connectivity index (χ2n) is 8.48. The fourth-order valence-corrected chi connectivity index (χ4v) is 5.72. The summed E-state index contributed by atoms with van der Waals surface area (Å²) >= 11 is 0. The van der Waals surface area contributed by atoms with Crippen LogP contribution in [0.25, 0.3) is 0 Å². The van der Waals surface area contributed by atoms with Gasteiger partial charge >= 0.3 is 0 Å². The lowest BCUT2D eigenvalue weighted by Gasteiger charge is -2.57. The summed E-state index contributed by atoms with van der Waals surface area (Å²) in [6.45, 7) is 12.1. The Morgan fingerprint density at radius 1 is 1.16 bits per heavy atom. The third-order valence-corrected chi connectivity index (χ3v) is 7.22. The largest absolute Gasteiger partial charge is 0.368 e. The van der Waals surface area contributed by atoms with Gasteiger partial charge in [0.2, 0.25) is 0 Å². The van der Waals surface area contributed by atoms with Crippen LogP contribution in [0, 0.1) is 23.2 Å². The lowest BCUT2D eigenvalue weighted by Crippen LogP contribution is -2.57. The molecule has 110 valence electrons. The van der Waals surface area contributed by atoms with Crippen molar-refractivity contribution < 1.29 is 4.74 Å². The molecule has 0 aromatic carbocycles. The Labute approximate surface area is 119 Å². The summed E-state index contributed by atoms with van der Waals surface area (Å²) in [6.07, 6.45) is 9.63. The van der Waals surface area contributed by atoms with Crippen LogP contribution >= 0.6 is 0 Å². The zero-order chi connectivity index (χ0) is 13.9. The smallest absolute Gasteiger partial charge is 0.0777 e. The number of hydrogen-bond donors (Lipinski definition) is 0. The molecular formula is C18H32O. The van der Waals surface area contributed by atoms with Crippen LogP contribution < -0.4 is 0 Å². The van der Waals surface area contributed by atoms with E-state index in [2.05, 4.69) is 34.6 Å². The van der Waals surface area contributed by atoms with E-state index in [1.807, 2.05) is 0 Å². The van der Waals surface area contributed by atoms with Gasteiger partial charge in [0.15, 0.2) is 0 Å². The number of fused-ring (bicyclic) bond motifs is 1. The molecule has 1 unspecified atom stereocenters. The fraction of sp³-hybridized carbons (Fsp3) is 1.00. The molecule has 3 aliphatic rings. The Kier molecular flexibility index (Phi) is 3.10. The molecule has 0 aromatic heterocycles. The molecule has 1 aliphatic heterocycles. The van der Waals surface area contributed by atoms with E-state index in [9.17, 15) is 0 Å². The second-order valence-corrected chi connectivity index (χ2v) is 8.48. The molecule has 0 N–H and O–H groups in total. The molecule has 2 bridgehead atoms. The minimum Gasteiger partial charge on any atom is -0.368 e. The van der Waals surface area contributed by atoms with Crippen LogP contribution in [0.15, 0.2) is 0 Å². The molecule has 0 radical (unpaired) electrons. The zero-order valence-corrected chi connectivity index (χ0v) is 13.6. The summed E-state index contributed by atoms with van der Waals surface area (Å²) in [5.41, 5.74) is 0.761. The Morgan fingerprint density at radius 3 is 2.58 bits per heavy atom. The highest BCUT2D eigenvalue weighted by Crippen LogP contribution is 2.66. The Hall–Kier alpha value is -0.0400. The first-order valence-electron chi connectivity index (χ1n) is 8.55. The minimum absolute atomic E-state index is 0.112. The Morgan fingerprint density at radius 2 is 1.89 bits per heavy atom. The maximum atomic E-state index is 6.90. The topological polar surface area (TPSA) is 9.23 Å². The fourth-order valence-electron chi connectivity index (χ4n) is 5.72. The monoisotopic (exact) mass is 264 g/mol. The van der Waals surface area contributed by atoms with Crippen molar-refractivity contribution in [3.8, 4) is 0 Å². The highest BCUT2D eigenvalue weighted by molar-refractivity contribution is 5.15. The van der Waals surface area contributed by atoms with Gasteiger partial charge in [0, 0.05) is 0 Å². The molecule has 1 heterocycles. The molecule has 3 fully saturated rings. The van der Waals surface area contributed by atoms with Gasteiger partial charge in [0.05, 0.1) is 11.2 Å². The van der Waals surface area contributed by atoms with Gasteiger partial charge in [-0.15, -0.1) is 0 Å². The number of ether oxygens (including phenoxy) is 1. The quantitative estimate of drug-likeness (QED) is 0.667. The maximum Gasteiger partial charge on any atom is 0.0777 e. The normalized spacial score (nSPS) is 49.7. The molecule has 1 saturated heterocycles. The molecule has 5 atom stereocenters. The molecule has 0 amide bonds. The highest BCUT2D eigenvalue weighted by atomic mass is 16.5. The molecule has 1 heteroatoms. The van der Waals surface area contributed by atoms with Gasteiger partial charge in [-0.2, -0.15) is 0 Å². The van der Waals surface area contributed by atoms with Crippen LogP contribution in [0.3, 0.4) is 0 Å². The van der Waals surface area contributed by atoms with Crippen molar-refractivity contribution in [2.75, 3.05) is 0 Å². The zero-order valence-electron chi connectivity index (χ0n) is 13.6. The summed E-state index contributed by atoms with van der Waals surface area (Å²) in [4.78, 5) is 0. The molecule has 3 rings (SSSR count). The third kappa shape index (κ3) is 1.76. The van der Waals surface area contributed by atoms with Crippen LogP contribution in [-0.4, -0.2) is 11.2 Å². The van der Waals surface area contributed by atoms with E-state index in [1.165, 1.54) is 44.9 Å². The second kappa shape index (κ2) is 4.23. The molecule has 19 heavy (non-hydrogen) atoms. The summed E-state index contributed by atoms with van der Waals surface area (Å²) in [6, 6.07) is 0. The highest BCUT2D eigenvalue weighted by Gasteiger charge is 2.66. The van der Waals surface area contributed by atoms with Crippen molar-refractivity contribution in [2.24, 2.45) is 23.2 Å². The van der Waals surface area contributed by atoms with Crippen molar-refractivity contribution in [3.63, 3.8) is 0 Å². The van der Waals surface area contributed by atoms with E-state index in [-0.39, 0.29) is 11.2 Å². The average molecular weight is 264 g/mol. The van der Waals surface area contributed by atoms with Gasteiger partial charge in [0.25, 0.3) is 0 Å². The maximum absolute atomic E-state index is 6.90. The minimum atomic E-state index is 0.112. The van der Waals surface area contributed by atoms with Crippen molar-refractivity contribution in [1.82, 2.24) is 0 Å². The van der Waals surface area contributed by atoms with E-state index in [4.69, 9.17) is 4.74 Å². The third-order valence-electron chi connectivity index (χ3n) is 7.22. The van der Waals surface area contributed by atoms with Gasteiger partial charge in [-0.1, -0.05) is 33.6 Å². The van der Waals surface area contributed by atoms with E-state index >= 15 is 0 Å². The van der Waals surface area contributed by atoms with Crippen LogP contribution in [0.4, 0.5) is 0 Å². The van der Waals surface area contributed by atoms with Crippen molar-refractivity contribution in [2.45, 2.75) is 90.8 Å². The molecular weight excluding hydrogens is 232 g/mol. The van der Waals surface area contributed by atoms with E-state index < -0.39 is 0 Å². The summed E-state index contributed by atoms with van der Waals surface area (Å²) in [5, 5.41) is 0. The van der Waals surface area contributed by atoms with Crippen LogP contribution in [0.5, 0.6) is 0 Å². The first kappa shape index (κ1) is 13.9. The lowest BCUT2D eigenvalue weighted by atomic mass is 9.50. The molecule has 2 saturated carbocycles. The molecule has 2 aliphatic carbocycles. The molecule has 1 spiro atoms. The predicted molar refractivity (Wildman–Crippen MR) is 80.1 cm³/mol. The Balaban J connectivity index is 2.02. The predicted octanol–water partition coefficient (Wildman–Crippen LogP) is 5.19. The standard InChI is InChI=1S/C18H32O/c1-6-13(2)15-8-7-10-17(5)11-9-14-12-18(15,17)19-16(14,3)4/h13-15H,6-12H2,1-5H3/t13?,14-,15-,17+,18-/m1/s1. The summed E-state index contributed by atoms with van der Waals surface area (Å²) in [5.74, 6) is 2.40. The Bertz CT molecular complexity index is 361. The van der Waals surface area contributed by atoms with Crippen LogP contribution in [0.1, 0.15) is 79.6 Å². The van der Waals surface area contributed by atoms with Gasteiger partial charge < -0.3 is 4.74 Å². The molecule has 1 nitrogen and oxygen atoms in total. The van der Waals surface area contributed by atoms with Crippen molar-refractivity contribution in [3.05, 3.63) is 0 Å². The van der Waals surface area contributed by atoms with Gasteiger partial charge in [0.1, 0.15) is 0 Å². The molecule has 0 aromatic rings.